The van der Waals surface area contributed by atoms with Gasteiger partial charge in [-0.2, -0.15) is 0 Å². The number of hydrogen-bond donors (Lipinski definition) is 1. The Morgan fingerprint density at radius 1 is 0.433 bits per heavy atom. The van der Waals surface area contributed by atoms with Crippen LogP contribution in [0.5, 0.6) is 0 Å². The van der Waals surface area contributed by atoms with Crippen LogP contribution in [0.25, 0.3) is 49.4 Å². The summed E-state index contributed by atoms with van der Waals surface area (Å²) < 4.78 is 2.38. The van der Waals surface area contributed by atoms with E-state index in [-0.39, 0.29) is 0 Å². The van der Waals surface area contributed by atoms with Crippen LogP contribution in [0.15, 0.2) is 109 Å². The highest BCUT2D eigenvalue weighted by Crippen LogP contribution is 2.38. The number of fused-ring (bicyclic) bond motifs is 4. The van der Waals surface area contributed by atoms with Gasteiger partial charge in [0.25, 0.3) is 0 Å². The van der Waals surface area contributed by atoms with Crippen molar-refractivity contribution in [1.82, 2.24) is 4.57 Å². The molecule has 30 heavy (non-hydrogen) atoms. The van der Waals surface area contributed by atoms with Crippen molar-refractivity contribution in [3.63, 3.8) is 0 Å². The van der Waals surface area contributed by atoms with Gasteiger partial charge >= 0.3 is 0 Å². The lowest BCUT2D eigenvalue weighted by atomic mass is 9.96. The van der Waals surface area contributed by atoms with Gasteiger partial charge in [0, 0.05) is 27.4 Å². The molecule has 5 aromatic carbocycles. The van der Waals surface area contributed by atoms with Crippen LogP contribution in [0.4, 0.5) is 5.69 Å². The fourth-order valence-corrected chi connectivity index (χ4v) is 4.64. The van der Waals surface area contributed by atoms with Crippen molar-refractivity contribution in [3.8, 4) is 16.8 Å². The second kappa shape index (κ2) is 6.50. The highest BCUT2D eigenvalue weighted by Gasteiger charge is 2.15. The van der Waals surface area contributed by atoms with E-state index in [0.717, 1.165) is 16.8 Å². The molecule has 1 aromatic heterocycles. The van der Waals surface area contributed by atoms with E-state index < -0.39 is 0 Å². The summed E-state index contributed by atoms with van der Waals surface area (Å²) in [5, 5.41) is 4.96. The average Bonchev–Trinajstić information content (AvgIpc) is 3.13. The molecule has 0 aliphatic rings. The van der Waals surface area contributed by atoms with Crippen LogP contribution in [0, 0.1) is 0 Å². The quantitative estimate of drug-likeness (QED) is 0.315. The molecule has 0 fully saturated rings. The molecule has 0 spiro atoms. The Morgan fingerprint density at radius 2 is 0.967 bits per heavy atom. The van der Waals surface area contributed by atoms with E-state index in [4.69, 9.17) is 5.73 Å². The van der Waals surface area contributed by atoms with Gasteiger partial charge in [0.15, 0.2) is 0 Å². The van der Waals surface area contributed by atoms with E-state index in [1.54, 1.807) is 0 Å². The summed E-state index contributed by atoms with van der Waals surface area (Å²) in [6.07, 6.45) is 0. The molecule has 142 valence electrons. The summed E-state index contributed by atoms with van der Waals surface area (Å²) in [6.45, 7) is 0. The summed E-state index contributed by atoms with van der Waals surface area (Å²) in [6, 6.07) is 38.4. The van der Waals surface area contributed by atoms with Gasteiger partial charge in [-0.05, 0) is 35.2 Å². The van der Waals surface area contributed by atoms with Gasteiger partial charge in [0.05, 0.1) is 16.7 Å². The maximum Gasteiger partial charge on any atom is 0.0541 e. The minimum atomic E-state index is 0.798. The molecule has 0 aliphatic carbocycles. The maximum atomic E-state index is 6.32. The monoisotopic (exact) mass is 384 g/mol. The smallest absolute Gasteiger partial charge is 0.0541 e. The Kier molecular flexibility index (Phi) is 3.65. The molecule has 6 rings (SSSR count). The zero-order valence-electron chi connectivity index (χ0n) is 16.4. The second-order valence-corrected chi connectivity index (χ2v) is 7.63. The first kappa shape index (κ1) is 16.9. The molecule has 2 N–H and O–H groups in total. The van der Waals surface area contributed by atoms with E-state index in [9.17, 15) is 0 Å². The van der Waals surface area contributed by atoms with Crippen molar-refractivity contribution in [2.24, 2.45) is 0 Å². The third-order valence-electron chi connectivity index (χ3n) is 5.97. The minimum Gasteiger partial charge on any atom is -0.398 e. The topological polar surface area (TPSA) is 30.9 Å². The average molecular weight is 384 g/mol. The van der Waals surface area contributed by atoms with Crippen LogP contribution in [0.3, 0.4) is 0 Å². The highest BCUT2D eigenvalue weighted by molar-refractivity contribution is 6.11. The van der Waals surface area contributed by atoms with E-state index in [1.807, 2.05) is 18.2 Å². The van der Waals surface area contributed by atoms with E-state index in [1.165, 1.54) is 38.3 Å². The fraction of sp³-hybridized carbons (Fsp3) is 0. The number of nitrogens with zero attached hydrogens (tertiary/aromatic N) is 1. The molecule has 2 heteroatoms. The predicted octanol–water partition coefficient (Wildman–Crippen LogP) is 7.19. The molecule has 1 heterocycles. The molecule has 0 unspecified atom stereocenters. The standard InChI is InChI=1S/C28H20N2/c29-25-14-6-3-10-21(25)20-17-18-28(22-11-2-1-9-19(20)22)30-26-15-7-4-12-23(26)24-13-5-8-16-27(24)30/h1-18H,29H2. The zero-order valence-corrected chi connectivity index (χ0v) is 16.4. The van der Waals surface area contributed by atoms with Crippen LogP contribution in [0.1, 0.15) is 0 Å². The molecule has 0 amide bonds. The lowest BCUT2D eigenvalue weighted by Crippen LogP contribution is -1.97. The van der Waals surface area contributed by atoms with Crippen LogP contribution < -0.4 is 5.73 Å². The molecule has 0 saturated carbocycles. The molecule has 6 aromatic rings. The lowest BCUT2D eigenvalue weighted by Gasteiger charge is -2.15. The summed E-state index contributed by atoms with van der Waals surface area (Å²) in [7, 11) is 0. The Bertz CT molecular complexity index is 1500. The van der Waals surface area contributed by atoms with Crippen LogP contribution in [0.2, 0.25) is 0 Å². The van der Waals surface area contributed by atoms with Gasteiger partial charge in [-0.15, -0.1) is 0 Å². The predicted molar refractivity (Wildman–Crippen MR) is 128 cm³/mol. The van der Waals surface area contributed by atoms with Crippen molar-refractivity contribution in [1.29, 1.82) is 0 Å². The van der Waals surface area contributed by atoms with Gasteiger partial charge in [-0.1, -0.05) is 84.9 Å². The first-order valence-electron chi connectivity index (χ1n) is 10.2. The lowest BCUT2D eigenvalue weighted by molar-refractivity contribution is 1.20. The molecular weight excluding hydrogens is 364 g/mol. The fourth-order valence-electron chi connectivity index (χ4n) is 4.64. The number of nitrogens with two attached hydrogens (primary N) is 1. The Morgan fingerprint density at radius 3 is 1.63 bits per heavy atom. The maximum absolute atomic E-state index is 6.32. The highest BCUT2D eigenvalue weighted by atomic mass is 15.0. The third kappa shape index (κ3) is 2.37. The number of anilines is 1. The van der Waals surface area contributed by atoms with Crippen LogP contribution >= 0.6 is 0 Å². The molecule has 0 atom stereocenters. The zero-order chi connectivity index (χ0) is 20.1. The summed E-state index contributed by atoms with van der Waals surface area (Å²) in [5.41, 5.74) is 13.0. The molecule has 2 nitrogen and oxygen atoms in total. The molecule has 0 saturated heterocycles. The van der Waals surface area contributed by atoms with Crippen molar-refractivity contribution < 1.29 is 0 Å². The largest absolute Gasteiger partial charge is 0.398 e. The van der Waals surface area contributed by atoms with Gasteiger partial charge in [0.1, 0.15) is 0 Å². The van der Waals surface area contributed by atoms with Crippen LogP contribution in [-0.4, -0.2) is 4.57 Å². The summed E-state index contributed by atoms with van der Waals surface area (Å²) >= 11 is 0. The normalized spacial score (nSPS) is 11.5. The first-order valence-corrected chi connectivity index (χ1v) is 10.2. The van der Waals surface area contributed by atoms with Gasteiger partial charge in [0.2, 0.25) is 0 Å². The summed E-state index contributed by atoms with van der Waals surface area (Å²) in [4.78, 5) is 0. The number of hydrogen-bond acceptors (Lipinski definition) is 1. The van der Waals surface area contributed by atoms with Gasteiger partial charge in [-0.3, -0.25) is 0 Å². The molecular formula is C28H20N2. The Hall–Kier alpha value is -4.04. The van der Waals surface area contributed by atoms with Gasteiger partial charge in [-0.25, -0.2) is 0 Å². The number of para-hydroxylation sites is 3. The SMILES string of the molecule is Nc1ccccc1-c1ccc(-n2c3ccccc3c3ccccc32)c2ccccc12. The van der Waals surface area contributed by atoms with Crippen molar-refractivity contribution in [2.45, 2.75) is 0 Å². The molecule has 0 radical (unpaired) electrons. The number of rotatable bonds is 2. The molecule has 0 bridgehead atoms. The van der Waals surface area contributed by atoms with E-state index >= 15 is 0 Å². The van der Waals surface area contributed by atoms with E-state index in [2.05, 4.69) is 95.6 Å². The first-order chi connectivity index (χ1) is 14.8. The Balaban J connectivity index is 1.74. The van der Waals surface area contributed by atoms with E-state index in [0.29, 0.717) is 0 Å². The van der Waals surface area contributed by atoms with Crippen molar-refractivity contribution in [2.75, 3.05) is 5.73 Å². The number of nitrogen functional groups attached to an aromatic ring is 1. The Labute approximate surface area is 174 Å². The number of aromatic nitrogens is 1. The van der Waals surface area contributed by atoms with Crippen molar-refractivity contribution in [3.05, 3.63) is 109 Å². The third-order valence-corrected chi connectivity index (χ3v) is 5.97. The van der Waals surface area contributed by atoms with Crippen molar-refractivity contribution >= 4 is 38.3 Å². The second-order valence-electron chi connectivity index (χ2n) is 7.63. The van der Waals surface area contributed by atoms with Crippen LogP contribution in [-0.2, 0) is 0 Å². The molecule has 0 aliphatic heterocycles. The summed E-state index contributed by atoms with van der Waals surface area (Å²) in [5.74, 6) is 0. The number of benzene rings is 5. The minimum absolute atomic E-state index is 0.798. The van der Waals surface area contributed by atoms with Gasteiger partial charge < -0.3 is 10.3 Å².